The molecule has 2 aromatic rings. The largest absolute Gasteiger partial charge is 0.324 e. The summed E-state index contributed by atoms with van der Waals surface area (Å²) in [5.41, 5.74) is 1.85. The summed E-state index contributed by atoms with van der Waals surface area (Å²) < 4.78 is 13.6. The number of rotatable bonds is 4. The molecule has 2 rings (SSSR count). The van der Waals surface area contributed by atoms with E-state index in [0.717, 1.165) is 5.56 Å². The van der Waals surface area contributed by atoms with Crippen molar-refractivity contribution in [2.75, 3.05) is 5.32 Å². The van der Waals surface area contributed by atoms with Crippen molar-refractivity contribution >= 4 is 11.6 Å². The van der Waals surface area contributed by atoms with Crippen molar-refractivity contribution in [2.24, 2.45) is 0 Å². The molecule has 0 spiro atoms. The predicted octanol–water partition coefficient (Wildman–Crippen LogP) is 2.41. The third-order valence-corrected chi connectivity index (χ3v) is 3.34. The number of benzene rings is 1. The number of carbonyl (C=O) groups excluding carboxylic acids is 1. The summed E-state index contributed by atoms with van der Waals surface area (Å²) in [5.74, 6) is -0.286. The molecule has 116 valence electrons. The van der Waals surface area contributed by atoms with Crippen LogP contribution in [-0.2, 0) is 11.2 Å². The van der Waals surface area contributed by atoms with Gasteiger partial charge in [-0.3, -0.25) is 9.59 Å². The van der Waals surface area contributed by atoms with Gasteiger partial charge >= 0.3 is 0 Å². The van der Waals surface area contributed by atoms with E-state index in [9.17, 15) is 14.0 Å². The van der Waals surface area contributed by atoms with Gasteiger partial charge in [-0.2, -0.15) is 0 Å². The van der Waals surface area contributed by atoms with Crippen LogP contribution >= 0.6 is 0 Å². The number of aromatic amines is 1. The number of anilines is 1. The Morgan fingerprint density at radius 1 is 1.32 bits per heavy atom. The second kappa shape index (κ2) is 6.51. The Hall–Kier alpha value is -2.50. The fourth-order valence-electron chi connectivity index (χ4n) is 2.23. The molecule has 1 aromatic carbocycles. The number of aryl methyl sites for hydroxylation is 3. The zero-order valence-corrected chi connectivity index (χ0v) is 12.8. The van der Waals surface area contributed by atoms with Gasteiger partial charge in [0.15, 0.2) is 0 Å². The molecule has 1 heterocycles. The van der Waals surface area contributed by atoms with Gasteiger partial charge in [0.2, 0.25) is 5.91 Å². The number of halogens is 1. The highest BCUT2D eigenvalue weighted by Gasteiger charge is 2.11. The summed E-state index contributed by atoms with van der Waals surface area (Å²) >= 11 is 0. The maximum atomic E-state index is 13.6. The van der Waals surface area contributed by atoms with E-state index in [1.807, 2.05) is 6.92 Å². The minimum atomic E-state index is -0.481. The molecular formula is C16H18FN3O2. The Balaban J connectivity index is 2.05. The van der Waals surface area contributed by atoms with Crippen molar-refractivity contribution in [1.29, 1.82) is 0 Å². The zero-order chi connectivity index (χ0) is 16.3. The SMILES string of the molecule is Cc1ccc(F)c(NC(=O)CCc2c(C)nc(C)[nH]c2=O)c1. The lowest BCUT2D eigenvalue weighted by Crippen LogP contribution is -2.20. The number of aromatic nitrogens is 2. The second-order valence-corrected chi connectivity index (χ2v) is 5.25. The first-order valence-electron chi connectivity index (χ1n) is 6.99. The van der Waals surface area contributed by atoms with E-state index in [0.29, 0.717) is 17.1 Å². The second-order valence-electron chi connectivity index (χ2n) is 5.25. The van der Waals surface area contributed by atoms with Gasteiger partial charge in [-0.15, -0.1) is 0 Å². The highest BCUT2D eigenvalue weighted by Crippen LogP contribution is 2.16. The van der Waals surface area contributed by atoms with E-state index in [1.165, 1.54) is 6.07 Å². The minimum absolute atomic E-state index is 0.0854. The quantitative estimate of drug-likeness (QED) is 0.910. The van der Waals surface area contributed by atoms with Gasteiger partial charge < -0.3 is 10.3 Å². The molecule has 22 heavy (non-hydrogen) atoms. The van der Waals surface area contributed by atoms with Gasteiger partial charge in [0, 0.05) is 17.7 Å². The lowest BCUT2D eigenvalue weighted by Gasteiger charge is -2.08. The molecule has 2 N–H and O–H groups in total. The molecule has 0 aliphatic carbocycles. The Morgan fingerprint density at radius 3 is 2.73 bits per heavy atom. The molecule has 1 aromatic heterocycles. The average molecular weight is 303 g/mol. The average Bonchev–Trinajstić information content (AvgIpc) is 2.41. The molecule has 6 heteroatoms. The monoisotopic (exact) mass is 303 g/mol. The Morgan fingerprint density at radius 2 is 2.05 bits per heavy atom. The van der Waals surface area contributed by atoms with E-state index >= 15 is 0 Å². The first-order valence-corrected chi connectivity index (χ1v) is 6.99. The third-order valence-electron chi connectivity index (χ3n) is 3.34. The molecule has 1 amide bonds. The van der Waals surface area contributed by atoms with E-state index in [-0.39, 0.29) is 30.0 Å². The lowest BCUT2D eigenvalue weighted by atomic mass is 10.1. The van der Waals surface area contributed by atoms with Gasteiger partial charge in [-0.1, -0.05) is 6.07 Å². The van der Waals surface area contributed by atoms with Crippen LogP contribution in [0.15, 0.2) is 23.0 Å². The van der Waals surface area contributed by atoms with Crippen LogP contribution in [0.25, 0.3) is 0 Å². The van der Waals surface area contributed by atoms with Gasteiger partial charge in [0.1, 0.15) is 11.6 Å². The summed E-state index contributed by atoms with van der Waals surface area (Å²) in [7, 11) is 0. The van der Waals surface area contributed by atoms with Crippen molar-refractivity contribution in [3.8, 4) is 0 Å². The molecule has 0 saturated carbocycles. The van der Waals surface area contributed by atoms with Gasteiger partial charge in [0.25, 0.3) is 5.56 Å². The maximum Gasteiger partial charge on any atom is 0.254 e. The molecule has 0 saturated heterocycles. The van der Waals surface area contributed by atoms with E-state index < -0.39 is 5.82 Å². The molecule has 0 unspecified atom stereocenters. The fraction of sp³-hybridized carbons (Fsp3) is 0.312. The van der Waals surface area contributed by atoms with Crippen molar-refractivity contribution in [3.63, 3.8) is 0 Å². The number of amides is 1. The Kier molecular flexibility index (Phi) is 4.70. The molecule has 0 aliphatic rings. The van der Waals surface area contributed by atoms with Crippen molar-refractivity contribution in [1.82, 2.24) is 9.97 Å². The molecule has 0 atom stereocenters. The van der Waals surface area contributed by atoms with E-state index in [4.69, 9.17) is 0 Å². The number of carbonyl (C=O) groups is 1. The highest BCUT2D eigenvalue weighted by atomic mass is 19.1. The maximum absolute atomic E-state index is 13.6. The van der Waals surface area contributed by atoms with Crippen LogP contribution in [0.2, 0.25) is 0 Å². The van der Waals surface area contributed by atoms with Gasteiger partial charge in [-0.25, -0.2) is 9.37 Å². The van der Waals surface area contributed by atoms with E-state index in [2.05, 4.69) is 15.3 Å². The molecule has 0 aliphatic heterocycles. The molecular weight excluding hydrogens is 285 g/mol. The Bertz CT molecular complexity index is 768. The lowest BCUT2D eigenvalue weighted by molar-refractivity contribution is -0.116. The van der Waals surface area contributed by atoms with Crippen LogP contribution in [-0.4, -0.2) is 15.9 Å². The molecule has 5 nitrogen and oxygen atoms in total. The zero-order valence-electron chi connectivity index (χ0n) is 12.8. The normalized spacial score (nSPS) is 10.5. The minimum Gasteiger partial charge on any atom is -0.324 e. The van der Waals surface area contributed by atoms with Crippen molar-refractivity contribution in [3.05, 3.63) is 57.0 Å². The standard InChI is InChI=1S/C16H18FN3O2/c1-9-4-6-13(17)14(8-9)20-15(21)7-5-12-10(2)18-11(3)19-16(12)22/h4,6,8H,5,7H2,1-3H3,(H,20,21)(H,18,19,22). The van der Waals surface area contributed by atoms with Crippen LogP contribution in [0.4, 0.5) is 10.1 Å². The first-order chi connectivity index (χ1) is 10.4. The molecule has 0 bridgehead atoms. The van der Waals surface area contributed by atoms with Crippen LogP contribution in [0.1, 0.15) is 29.1 Å². The molecule has 0 radical (unpaired) electrons. The highest BCUT2D eigenvalue weighted by molar-refractivity contribution is 5.91. The number of hydrogen-bond acceptors (Lipinski definition) is 3. The van der Waals surface area contributed by atoms with Crippen LogP contribution in [0, 0.1) is 26.6 Å². The van der Waals surface area contributed by atoms with Crippen LogP contribution in [0.3, 0.4) is 0 Å². The smallest absolute Gasteiger partial charge is 0.254 e. The van der Waals surface area contributed by atoms with Gasteiger partial charge in [0.05, 0.1) is 5.69 Å². The van der Waals surface area contributed by atoms with Crippen LogP contribution < -0.4 is 10.9 Å². The summed E-state index contributed by atoms with van der Waals surface area (Å²) in [4.78, 5) is 30.6. The van der Waals surface area contributed by atoms with Crippen molar-refractivity contribution in [2.45, 2.75) is 33.6 Å². The van der Waals surface area contributed by atoms with Crippen molar-refractivity contribution < 1.29 is 9.18 Å². The summed E-state index contributed by atoms with van der Waals surface area (Å²) in [5, 5.41) is 2.52. The summed E-state index contributed by atoms with van der Waals surface area (Å²) in [6.07, 6.45) is 0.343. The Labute approximate surface area is 127 Å². The third kappa shape index (κ3) is 3.78. The summed E-state index contributed by atoms with van der Waals surface area (Å²) in [6, 6.07) is 4.51. The number of hydrogen-bond donors (Lipinski definition) is 2. The van der Waals surface area contributed by atoms with Gasteiger partial charge in [-0.05, 0) is 44.9 Å². The number of nitrogens with zero attached hydrogens (tertiary/aromatic N) is 1. The predicted molar refractivity (Wildman–Crippen MR) is 82.4 cm³/mol. The summed E-state index contributed by atoms with van der Waals surface area (Å²) in [6.45, 7) is 5.25. The fourth-order valence-corrected chi connectivity index (χ4v) is 2.23. The number of H-pyrrole nitrogens is 1. The van der Waals surface area contributed by atoms with Crippen LogP contribution in [0.5, 0.6) is 0 Å². The van der Waals surface area contributed by atoms with E-state index in [1.54, 1.807) is 26.0 Å². The first kappa shape index (κ1) is 15.9. The molecule has 0 fully saturated rings. The topological polar surface area (TPSA) is 74.8 Å². The number of nitrogens with one attached hydrogen (secondary N) is 2.